The Hall–Kier alpha value is -1.63. The summed E-state index contributed by atoms with van der Waals surface area (Å²) in [6.07, 6.45) is 3.30. The van der Waals surface area contributed by atoms with Gasteiger partial charge < -0.3 is 19.3 Å². The van der Waals surface area contributed by atoms with Crippen molar-refractivity contribution in [3.63, 3.8) is 0 Å². The fraction of sp³-hybridized carbons (Fsp3) is 0.850. The molecule has 3 aliphatic rings. The number of hydrogen-bond donors (Lipinski definition) is 0. The van der Waals surface area contributed by atoms with Crippen LogP contribution in [0.2, 0.25) is 0 Å². The molecule has 3 rings (SSSR count). The molecule has 0 aromatic carbocycles. The van der Waals surface area contributed by atoms with Gasteiger partial charge >= 0.3 is 6.09 Å². The first-order chi connectivity index (χ1) is 12.7. The lowest BCUT2D eigenvalue weighted by atomic mass is 9.93. The largest absolute Gasteiger partial charge is 0.444 e. The molecule has 0 aromatic rings. The molecule has 0 bridgehead atoms. The first-order valence-corrected chi connectivity index (χ1v) is 10.1. The zero-order valence-corrected chi connectivity index (χ0v) is 16.7. The maximum atomic E-state index is 12.7. The molecule has 7 nitrogen and oxygen atoms in total. The van der Waals surface area contributed by atoms with Gasteiger partial charge in [-0.2, -0.15) is 0 Å². The number of piperidine rings is 1. The van der Waals surface area contributed by atoms with Crippen molar-refractivity contribution in [1.82, 2.24) is 9.80 Å². The number of rotatable bonds is 4. The number of carbonyl (C=O) groups excluding carboxylic acids is 3. The van der Waals surface area contributed by atoms with E-state index in [2.05, 4.69) is 0 Å². The predicted molar refractivity (Wildman–Crippen MR) is 99.2 cm³/mol. The minimum absolute atomic E-state index is 0.0996. The average molecular weight is 380 g/mol. The third-order valence-corrected chi connectivity index (χ3v) is 5.45. The second kappa shape index (κ2) is 8.17. The minimum atomic E-state index is -0.491. The topological polar surface area (TPSA) is 76.2 Å². The van der Waals surface area contributed by atoms with Crippen molar-refractivity contribution in [3.05, 3.63) is 0 Å². The minimum Gasteiger partial charge on any atom is -0.444 e. The van der Waals surface area contributed by atoms with E-state index in [1.54, 1.807) is 9.80 Å². The lowest BCUT2D eigenvalue weighted by Gasteiger charge is -2.35. The summed E-state index contributed by atoms with van der Waals surface area (Å²) < 4.78 is 11.0. The van der Waals surface area contributed by atoms with Crippen LogP contribution in [-0.4, -0.2) is 72.1 Å². The van der Waals surface area contributed by atoms with Gasteiger partial charge in [-0.1, -0.05) is 0 Å². The third-order valence-electron chi connectivity index (χ3n) is 5.45. The summed E-state index contributed by atoms with van der Waals surface area (Å²) in [5.74, 6) is 0.694. The van der Waals surface area contributed by atoms with E-state index in [0.717, 1.165) is 25.7 Å². The highest BCUT2D eigenvalue weighted by Gasteiger charge is 2.38. The van der Waals surface area contributed by atoms with Gasteiger partial charge in [-0.05, 0) is 52.4 Å². The smallest absolute Gasteiger partial charge is 0.410 e. The second-order valence-corrected chi connectivity index (χ2v) is 8.99. The molecule has 2 heterocycles. The van der Waals surface area contributed by atoms with Crippen LogP contribution in [0.3, 0.4) is 0 Å². The third kappa shape index (κ3) is 5.67. The van der Waals surface area contributed by atoms with Crippen molar-refractivity contribution in [3.8, 4) is 0 Å². The van der Waals surface area contributed by atoms with E-state index in [1.807, 2.05) is 20.8 Å². The second-order valence-electron chi connectivity index (χ2n) is 8.99. The van der Waals surface area contributed by atoms with Crippen LogP contribution in [0.4, 0.5) is 4.79 Å². The van der Waals surface area contributed by atoms with Crippen molar-refractivity contribution in [1.29, 1.82) is 0 Å². The Kier molecular flexibility index (Phi) is 6.08. The maximum Gasteiger partial charge on any atom is 0.410 e. The quantitative estimate of drug-likeness (QED) is 0.748. The number of Topliss-reactive ketones (excluding diaryl/α,β-unsaturated/α-hetero) is 1. The number of morpholine rings is 1. The molecule has 152 valence electrons. The van der Waals surface area contributed by atoms with E-state index < -0.39 is 11.7 Å². The predicted octanol–water partition coefficient (Wildman–Crippen LogP) is 2.23. The van der Waals surface area contributed by atoms with Crippen LogP contribution in [0.1, 0.15) is 52.9 Å². The Labute approximate surface area is 161 Å². The molecule has 1 atom stereocenters. The van der Waals surface area contributed by atoms with Crippen molar-refractivity contribution in [2.24, 2.45) is 11.8 Å². The first kappa shape index (κ1) is 20.1. The van der Waals surface area contributed by atoms with Gasteiger partial charge in [0.05, 0.1) is 13.2 Å². The van der Waals surface area contributed by atoms with Gasteiger partial charge in [0, 0.05) is 32.0 Å². The van der Waals surface area contributed by atoms with Gasteiger partial charge in [-0.15, -0.1) is 0 Å². The van der Waals surface area contributed by atoms with Crippen molar-refractivity contribution in [2.45, 2.75) is 64.6 Å². The lowest BCUT2D eigenvalue weighted by Crippen LogP contribution is -2.49. The highest BCUT2D eigenvalue weighted by Crippen LogP contribution is 2.32. The van der Waals surface area contributed by atoms with Gasteiger partial charge in [0.2, 0.25) is 5.91 Å². The summed E-state index contributed by atoms with van der Waals surface area (Å²) in [5.41, 5.74) is -0.491. The summed E-state index contributed by atoms with van der Waals surface area (Å²) in [4.78, 5) is 40.5. The van der Waals surface area contributed by atoms with E-state index in [1.165, 1.54) is 0 Å². The van der Waals surface area contributed by atoms with Crippen LogP contribution in [-0.2, 0) is 19.1 Å². The van der Waals surface area contributed by atoms with Crippen LogP contribution < -0.4 is 0 Å². The Morgan fingerprint density at radius 2 is 1.67 bits per heavy atom. The summed E-state index contributed by atoms with van der Waals surface area (Å²) >= 11 is 0. The van der Waals surface area contributed by atoms with Gasteiger partial charge in [0.25, 0.3) is 0 Å². The molecular formula is C20H32N2O5. The molecule has 0 spiro atoms. The molecule has 1 aliphatic carbocycles. The molecule has 2 saturated heterocycles. The Balaban J connectivity index is 1.42. The number of likely N-dealkylation sites (tertiary alicyclic amines) is 1. The Morgan fingerprint density at radius 1 is 1.00 bits per heavy atom. The lowest BCUT2D eigenvalue weighted by molar-refractivity contribution is -0.147. The summed E-state index contributed by atoms with van der Waals surface area (Å²) in [6, 6.07) is 0. The standard InChI is InChI=1S/C20H32N2O5/c1-20(2,3)27-19(25)21-8-6-14(7-9-21)12-17(23)22-10-11-26-16(13-22)18(24)15-4-5-15/h14-16H,4-13H2,1-3H3/t16-/m1/s1. The van der Waals surface area contributed by atoms with Crippen molar-refractivity contribution < 1.29 is 23.9 Å². The monoisotopic (exact) mass is 380 g/mol. The molecule has 7 heteroatoms. The van der Waals surface area contributed by atoms with Crippen molar-refractivity contribution >= 4 is 17.8 Å². The van der Waals surface area contributed by atoms with Crippen LogP contribution in [0.5, 0.6) is 0 Å². The number of ether oxygens (including phenoxy) is 2. The maximum absolute atomic E-state index is 12.7. The molecule has 0 radical (unpaired) electrons. The van der Waals surface area contributed by atoms with Crippen LogP contribution in [0.15, 0.2) is 0 Å². The van der Waals surface area contributed by atoms with Crippen LogP contribution >= 0.6 is 0 Å². The first-order valence-electron chi connectivity index (χ1n) is 10.1. The van der Waals surface area contributed by atoms with E-state index in [4.69, 9.17) is 9.47 Å². The number of ketones is 1. The number of carbonyl (C=O) groups is 3. The van der Waals surface area contributed by atoms with E-state index in [9.17, 15) is 14.4 Å². The highest BCUT2D eigenvalue weighted by atomic mass is 16.6. The van der Waals surface area contributed by atoms with Crippen LogP contribution in [0, 0.1) is 11.8 Å². The molecule has 27 heavy (non-hydrogen) atoms. The highest BCUT2D eigenvalue weighted by molar-refractivity contribution is 5.88. The SMILES string of the molecule is CC(C)(C)OC(=O)N1CCC(CC(=O)N2CCO[C@@H](C(=O)C3CC3)C2)CC1. The molecule has 0 N–H and O–H groups in total. The van der Waals surface area contributed by atoms with Gasteiger partial charge in [-0.3, -0.25) is 9.59 Å². The summed E-state index contributed by atoms with van der Waals surface area (Å²) in [7, 11) is 0. The fourth-order valence-corrected chi connectivity index (χ4v) is 3.70. The Morgan fingerprint density at radius 3 is 2.26 bits per heavy atom. The van der Waals surface area contributed by atoms with E-state index in [-0.39, 0.29) is 29.6 Å². The fourth-order valence-electron chi connectivity index (χ4n) is 3.70. The molecule has 2 aliphatic heterocycles. The zero-order valence-electron chi connectivity index (χ0n) is 16.7. The van der Waals surface area contributed by atoms with Crippen LogP contribution in [0.25, 0.3) is 0 Å². The molecular weight excluding hydrogens is 348 g/mol. The molecule has 2 amide bonds. The normalized spacial score (nSPS) is 24.6. The molecule has 1 saturated carbocycles. The molecule has 3 fully saturated rings. The summed E-state index contributed by atoms with van der Waals surface area (Å²) in [6.45, 7) is 8.22. The number of nitrogens with zero attached hydrogens (tertiary/aromatic N) is 2. The molecule has 0 aromatic heterocycles. The van der Waals surface area contributed by atoms with Crippen molar-refractivity contribution in [2.75, 3.05) is 32.8 Å². The van der Waals surface area contributed by atoms with Gasteiger partial charge in [-0.25, -0.2) is 4.79 Å². The van der Waals surface area contributed by atoms with E-state index >= 15 is 0 Å². The zero-order chi connectivity index (χ0) is 19.6. The Bertz CT molecular complexity index is 573. The van der Waals surface area contributed by atoms with Gasteiger partial charge in [0.1, 0.15) is 11.7 Å². The summed E-state index contributed by atoms with van der Waals surface area (Å²) in [5, 5.41) is 0. The van der Waals surface area contributed by atoms with Gasteiger partial charge in [0.15, 0.2) is 5.78 Å². The average Bonchev–Trinajstić information content (AvgIpc) is 3.45. The molecule has 0 unspecified atom stereocenters. The number of amides is 2. The van der Waals surface area contributed by atoms with E-state index in [0.29, 0.717) is 39.2 Å². The number of hydrogen-bond acceptors (Lipinski definition) is 5.